The molecule has 2 rings (SSSR count). The Balaban J connectivity index is 2.18. The molecule has 5 heteroatoms. The van der Waals surface area contributed by atoms with Gasteiger partial charge < -0.3 is 20.8 Å². The van der Waals surface area contributed by atoms with Gasteiger partial charge in [-0.05, 0) is 26.0 Å². The van der Waals surface area contributed by atoms with Gasteiger partial charge in [-0.2, -0.15) is 0 Å². The molecule has 90 valence electrons. The molecule has 1 aromatic heterocycles. The summed E-state index contributed by atoms with van der Waals surface area (Å²) in [6, 6.07) is 7.68. The number of rotatable bonds is 4. The smallest absolute Gasteiger partial charge is 0.173 e. The minimum Gasteiger partial charge on any atom is -0.494 e. The third kappa shape index (κ3) is 2.69. The van der Waals surface area contributed by atoms with Crippen molar-refractivity contribution < 1.29 is 4.74 Å². The van der Waals surface area contributed by atoms with Crippen LogP contribution in [0.15, 0.2) is 24.3 Å². The Morgan fingerprint density at radius 1 is 1.47 bits per heavy atom. The zero-order valence-corrected chi connectivity index (χ0v) is 9.95. The molecule has 2 aromatic rings. The predicted octanol–water partition coefficient (Wildman–Crippen LogP) is 2.44. The monoisotopic (exact) mass is 232 g/mol. The molecule has 0 aliphatic rings. The Morgan fingerprint density at radius 2 is 2.29 bits per heavy atom. The van der Waals surface area contributed by atoms with E-state index in [2.05, 4.69) is 15.3 Å². The zero-order chi connectivity index (χ0) is 12.3. The first-order chi connectivity index (χ1) is 8.19. The van der Waals surface area contributed by atoms with Gasteiger partial charge in [0, 0.05) is 11.8 Å². The van der Waals surface area contributed by atoms with Crippen LogP contribution in [0.1, 0.15) is 12.7 Å². The lowest BCUT2D eigenvalue weighted by molar-refractivity contribution is 0.340. The van der Waals surface area contributed by atoms with Crippen LogP contribution in [0.5, 0.6) is 5.75 Å². The van der Waals surface area contributed by atoms with Crippen LogP contribution in [-0.2, 0) is 0 Å². The number of benzene rings is 1. The summed E-state index contributed by atoms with van der Waals surface area (Å²) in [5.74, 6) is 2.77. The summed E-state index contributed by atoms with van der Waals surface area (Å²) in [6.45, 7) is 4.46. The summed E-state index contributed by atoms with van der Waals surface area (Å²) in [7, 11) is 0. The number of aromatic amines is 1. The van der Waals surface area contributed by atoms with E-state index in [4.69, 9.17) is 10.5 Å². The second-order valence-electron chi connectivity index (χ2n) is 3.67. The molecule has 0 unspecified atom stereocenters. The van der Waals surface area contributed by atoms with E-state index in [1.807, 2.05) is 38.1 Å². The van der Waals surface area contributed by atoms with E-state index in [-0.39, 0.29) is 0 Å². The third-order valence-corrected chi connectivity index (χ3v) is 2.26. The zero-order valence-electron chi connectivity index (χ0n) is 9.95. The lowest BCUT2D eigenvalue weighted by atomic mass is 10.3. The summed E-state index contributed by atoms with van der Waals surface area (Å²) < 4.78 is 5.42. The van der Waals surface area contributed by atoms with Crippen molar-refractivity contribution in [3.05, 3.63) is 30.1 Å². The maximum Gasteiger partial charge on any atom is 0.173 e. The molecule has 1 heterocycles. The van der Waals surface area contributed by atoms with Gasteiger partial charge in [-0.3, -0.25) is 0 Å². The van der Waals surface area contributed by atoms with Gasteiger partial charge in [0.1, 0.15) is 17.4 Å². The quantitative estimate of drug-likeness (QED) is 0.756. The topological polar surface area (TPSA) is 76.0 Å². The Hall–Kier alpha value is -2.17. The van der Waals surface area contributed by atoms with Gasteiger partial charge in [0.25, 0.3) is 0 Å². The highest BCUT2D eigenvalue weighted by molar-refractivity contribution is 5.67. The molecule has 0 bridgehead atoms. The maximum absolute atomic E-state index is 5.77. The molecule has 5 nitrogen and oxygen atoms in total. The molecule has 0 saturated heterocycles. The Bertz CT molecular complexity index is 507. The normalized spacial score (nSPS) is 10.2. The van der Waals surface area contributed by atoms with Crippen LogP contribution in [-0.4, -0.2) is 16.6 Å². The average molecular weight is 232 g/mol. The highest BCUT2D eigenvalue weighted by Crippen LogP contribution is 2.23. The van der Waals surface area contributed by atoms with Crippen molar-refractivity contribution in [2.24, 2.45) is 0 Å². The predicted molar refractivity (Wildman–Crippen MR) is 68.6 cm³/mol. The fourth-order valence-corrected chi connectivity index (χ4v) is 1.57. The van der Waals surface area contributed by atoms with Crippen LogP contribution in [0, 0.1) is 6.92 Å². The number of hydrogen-bond donors (Lipinski definition) is 3. The molecule has 0 radical (unpaired) electrons. The van der Waals surface area contributed by atoms with Gasteiger partial charge in [0.15, 0.2) is 5.82 Å². The largest absolute Gasteiger partial charge is 0.494 e. The van der Waals surface area contributed by atoms with E-state index in [1.54, 1.807) is 0 Å². The highest BCUT2D eigenvalue weighted by atomic mass is 16.5. The number of H-pyrrole nitrogens is 1. The Labute approximate surface area is 100 Å². The first-order valence-corrected chi connectivity index (χ1v) is 5.51. The molecule has 0 atom stereocenters. The number of nitrogens with one attached hydrogen (secondary N) is 2. The van der Waals surface area contributed by atoms with Crippen molar-refractivity contribution in [1.82, 2.24) is 9.97 Å². The van der Waals surface area contributed by atoms with Crippen molar-refractivity contribution in [3.63, 3.8) is 0 Å². The molecule has 4 N–H and O–H groups in total. The van der Waals surface area contributed by atoms with E-state index >= 15 is 0 Å². The van der Waals surface area contributed by atoms with Crippen molar-refractivity contribution in [3.8, 4) is 5.75 Å². The van der Waals surface area contributed by atoms with Crippen LogP contribution < -0.4 is 15.8 Å². The minimum absolute atomic E-state index is 0.532. The van der Waals surface area contributed by atoms with Crippen molar-refractivity contribution in [1.29, 1.82) is 0 Å². The number of aromatic nitrogens is 2. The van der Waals surface area contributed by atoms with Gasteiger partial charge >= 0.3 is 0 Å². The lowest BCUT2D eigenvalue weighted by Gasteiger charge is -2.07. The van der Waals surface area contributed by atoms with E-state index < -0.39 is 0 Å². The van der Waals surface area contributed by atoms with Crippen molar-refractivity contribution in [2.75, 3.05) is 17.7 Å². The van der Waals surface area contributed by atoms with E-state index in [9.17, 15) is 0 Å². The number of nitrogens with two attached hydrogens (primary N) is 1. The third-order valence-electron chi connectivity index (χ3n) is 2.26. The number of aryl methyl sites for hydroxylation is 1. The lowest BCUT2D eigenvalue weighted by Crippen LogP contribution is -1.96. The molecule has 0 aliphatic carbocycles. The molecule has 0 saturated carbocycles. The van der Waals surface area contributed by atoms with Gasteiger partial charge in [0.2, 0.25) is 0 Å². The highest BCUT2D eigenvalue weighted by Gasteiger charge is 2.05. The maximum atomic E-state index is 5.77. The van der Waals surface area contributed by atoms with Crippen LogP contribution >= 0.6 is 0 Å². The molecule has 0 aliphatic heterocycles. The summed E-state index contributed by atoms with van der Waals surface area (Å²) in [4.78, 5) is 7.19. The molecular formula is C12H16N4O. The average Bonchev–Trinajstić information content (AvgIpc) is 2.58. The molecule has 0 fully saturated rings. The number of imidazole rings is 1. The molecule has 17 heavy (non-hydrogen) atoms. The molecule has 0 spiro atoms. The number of nitrogens with zero attached hydrogens (tertiary/aromatic N) is 1. The minimum atomic E-state index is 0.532. The van der Waals surface area contributed by atoms with Crippen LogP contribution in [0.25, 0.3) is 0 Å². The summed E-state index contributed by atoms with van der Waals surface area (Å²) in [5, 5.41) is 3.14. The first kappa shape index (κ1) is 11.3. The van der Waals surface area contributed by atoms with Gasteiger partial charge in [-0.15, -0.1) is 0 Å². The summed E-state index contributed by atoms with van der Waals surface area (Å²) >= 11 is 0. The molecular weight excluding hydrogens is 216 g/mol. The van der Waals surface area contributed by atoms with Crippen LogP contribution in [0.3, 0.4) is 0 Å². The van der Waals surface area contributed by atoms with Crippen molar-refractivity contribution in [2.45, 2.75) is 13.8 Å². The van der Waals surface area contributed by atoms with Crippen LogP contribution in [0.4, 0.5) is 17.3 Å². The van der Waals surface area contributed by atoms with E-state index in [0.29, 0.717) is 18.2 Å². The number of hydrogen-bond acceptors (Lipinski definition) is 4. The van der Waals surface area contributed by atoms with Gasteiger partial charge in [-0.1, -0.05) is 6.07 Å². The SMILES string of the molecule is CCOc1cccc(Nc2nc(C)[nH]c2N)c1. The van der Waals surface area contributed by atoms with E-state index in [1.165, 1.54) is 0 Å². The summed E-state index contributed by atoms with van der Waals surface area (Å²) in [5.41, 5.74) is 6.67. The Kier molecular flexibility index (Phi) is 3.18. The fourth-order valence-electron chi connectivity index (χ4n) is 1.57. The fraction of sp³-hybridized carbons (Fsp3) is 0.250. The van der Waals surface area contributed by atoms with Crippen LogP contribution in [0.2, 0.25) is 0 Å². The molecule has 1 aromatic carbocycles. The van der Waals surface area contributed by atoms with Gasteiger partial charge in [0.05, 0.1) is 6.61 Å². The van der Waals surface area contributed by atoms with E-state index in [0.717, 1.165) is 17.3 Å². The first-order valence-electron chi connectivity index (χ1n) is 5.51. The number of anilines is 3. The standard InChI is InChI=1S/C12H16N4O/c1-3-17-10-6-4-5-9(7-10)16-12-11(13)14-8(2)15-12/h4-7,16H,3,13H2,1-2H3,(H,14,15). The number of ether oxygens (including phenoxy) is 1. The second kappa shape index (κ2) is 4.78. The van der Waals surface area contributed by atoms with Gasteiger partial charge in [-0.25, -0.2) is 4.98 Å². The van der Waals surface area contributed by atoms with Crippen molar-refractivity contribution >= 4 is 17.3 Å². The Morgan fingerprint density at radius 3 is 2.94 bits per heavy atom. The number of nitrogen functional groups attached to an aromatic ring is 1. The summed E-state index contributed by atoms with van der Waals surface area (Å²) in [6.07, 6.45) is 0. The molecule has 0 amide bonds. The second-order valence-corrected chi connectivity index (χ2v) is 3.67.